The van der Waals surface area contributed by atoms with Crippen molar-refractivity contribution in [2.75, 3.05) is 24.5 Å². The van der Waals surface area contributed by atoms with Gasteiger partial charge in [-0.05, 0) is 49.8 Å². The molecule has 112 valence electrons. The Bertz CT molecular complexity index is 419. The number of benzene rings is 1. The highest BCUT2D eigenvalue weighted by Crippen LogP contribution is 2.28. The smallest absolute Gasteiger partial charge is 0.146 e. The van der Waals surface area contributed by atoms with E-state index in [0.29, 0.717) is 0 Å². The van der Waals surface area contributed by atoms with Gasteiger partial charge in [-0.2, -0.15) is 0 Å². The highest BCUT2D eigenvalue weighted by molar-refractivity contribution is 5.55. The molecule has 1 saturated heterocycles. The average molecular weight is 278 g/mol. The third-order valence-electron chi connectivity index (χ3n) is 4.15. The van der Waals surface area contributed by atoms with Crippen LogP contribution in [0.15, 0.2) is 18.2 Å². The summed E-state index contributed by atoms with van der Waals surface area (Å²) in [5.74, 6) is 0.684. The van der Waals surface area contributed by atoms with Crippen molar-refractivity contribution in [3.05, 3.63) is 29.6 Å². The van der Waals surface area contributed by atoms with E-state index in [2.05, 4.69) is 30.1 Å². The fraction of sp³-hybridized carbons (Fsp3) is 0.647. The summed E-state index contributed by atoms with van der Waals surface area (Å²) in [5.41, 5.74) is 1.92. The molecule has 1 aliphatic heterocycles. The fourth-order valence-electron chi connectivity index (χ4n) is 2.94. The van der Waals surface area contributed by atoms with E-state index in [-0.39, 0.29) is 5.82 Å². The molecule has 1 aromatic rings. The molecule has 1 atom stereocenters. The molecular weight excluding hydrogens is 251 g/mol. The zero-order chi connectivity index (χ0) is 14.4. The molecule has 1 fully saturated rings. The van der Waals surface area contributed by atoms with Gasteiger partial charge in [-0.1, -0.05) is 26.0 Å². The maximum Gasteiger partial charge on any atom is 0.146 e. The first-order valence-electron chi connectivity index (χ1n) is 7.95. The number of halogens is 1. The van der Waals surface area contributed by atoms with Gasteiger partial charge in [0, 0.05) is 19.6 Å². The van der Waals surface area contributed by atoms with E-state index in [1.54, 1.807) is 6.07 Å². The Morgan fingerprint density at radius 3 is 2.95 bits per heavy atom. The normalized spacial score (nSPS) is 19.9. The van der Waals surface area contributed by atoms with Gasteiger partial charge in [0.25, 0.3) is 0 Å². The Morgan fingerprint density at radius 2 is 2.15 bits per heavy atom. The van der Waals surface area contributed by atoms with Crippen LogP contribution in [0.2, 0.25) is 0 Å². The lowest BCUT2D eigenvalue weighted by molar-refractivity contribution is 0.520. The van der Waals surface area contributed by atoms with Crippen LogP contribution in [0.4, 0.5) is 10.1 Å². The van der Waals surface area contributed by atoms with Crippen LogP contribution in [-0.2, 0) is 6.54 Å². The van der Waals surface area contributed by atoms with Gasteiger partial charge >= 0.3 is 0 Å². The van der Waals surface area contributed by atoms with E-state index >= 15 is 0 Å². The predicted octanol–water partition coefficient (Wildman–Crippen LogP) is 3.95. The van der Waals surface area contributed by atoms with E-state index in [4.69, 9.17) is 0 Å². The molecule has 0 bridgehead atoms. The van der Waals surface area contributed by atoms with Crippen molar-refractivity contribution in [2.45, 2.75) is 46.1 Å². The summed E-state index contributed by atoms with van der Waals surface area (Å²) in [6.45, 7) is 8.14. The molecule has 20 heavy (non-hydrogen) atoms. The minimum absolute atomic E-state index is 0.0737. The number of nitrogens with one attached hydrogen (secondary N) is 1. The molecule has 1 heterocycles. The Labute approximate surface area is 122 Å². The molecule has 0 amide bonds. The molecule has 0 aromatic heterocycles. The van der Waals surface area contributed by atoms with Crippen molar-refractivity contribution in [1.29, 1.82) is 0 Å². The summed E-state index contributed by atoms with van der Waals surface area (Å²) >= 11 is 0. The van der Waals surface area contributed by atoms with Crippen molar-refractivity contribution >= 4 is 5.69 Å². The number of anilines is 1. The summed E-state index contributed by atoms with van der Waals surface area (Å²) < 4.78 is 14.3. The van der Waals surface area contributed by atoms with Gasteiger partial charge in [0.05, 0.1) is 5.69 Å². The van der Waals surface area contributed by atoms with E-state index < -0.39 is 0 Å². The SMILES string of the molecule is CCCNCc1cccc(F)c1N1CCCC(C)CC1. The first-order valence-corrected chi connectivity index (χ1v) is 7.95. The molecule has 2 rings (SSSR count). The second-order valence-corrected chi connectivity index (χ2v) is 5.95. The average Bonchev–Trinajstić information content (AvgIpc) is 2.64. The third-order valence-corrected chi connectivity index (χ3v) is 4.15. The van der Waals surface area contributed by atoms with Gasteiger partial charge in [0.15, 0.2) is 0 Å². The van der Waals surface area contributed by atoms with Crippen molar-refractivity contribution in [3.8, 4) is 0 Å². The molecule has 2 nitrogen and oxygen atoms in total. The number of rotatable bonds is 5. The molecule has 0 saturated carbocycles. The molecule has 0 spiro atoms. The number of para-hydroxylation sites is 1. The van der Waals surface area contributed by atoms with Crippen LogP contribution in [0, 0.1) is 11.7 Å². The highest BCUT2D eigenvalue weighted by Gasteiger charge is 2.19. The third kappa shape index (κ3) is 3.95. The van der Waals surface area contributed by atoms with E-state index in [0.717, 1.165) is 62.6 Å². The molecule has 3 heteroatoms. The highest BCUT2D eigenvalue weighted by atomic mass is 19.1. The standard InChI is InChI=1S/C17H27FN2/c1-3-10-19-13-15-7-4-8-16(18)17(15)20-11-5-6-14(2)9-12-20/h4,7-8,14,19H,3,5-6,9-13H2,1-2H3. The van der Waals surface area contributed by atoms with Crippen LogP contribution in [0.1, 0.15) is 45.1 Å². The minimum atomic E-state index is -0.0737. The number of hydrogen-bond acceptors (Lipinski definition) is 2. The fourth-order valence-corrected chi connectivity index (χ4v) is 2.94. The molecule has 1 N–H and O–H groups in total. The summed E-state index contributed by atoms with van der Waals surface area (Å²) in [5, 5.41) is 3.39. The Hall–Kier alpha value is -1.09. The Morgan fingerprint density at radius 1 is 1.30 bits per heavy atom. The van der Waals surface area contributed by atoms with Crippen LogP contribution in [0.25, 0.3) is 0 Å². The van der Waals surface area contributed by atoms with Crippen molar-refractivity contribution in [3.63, 3.8) is 0 Å². The number of hydrogen-bond donors (Lipinski definition) is 1. The van der Waals surface area contributed by atoms with Crippen LogP contribution in [0.5, 0.6) is 0 Å². The van der Waals surface area contributed by atoms with Gasteiger partial charge in [-0.15, -0.1) is 0 Å². The maximum atomic E-state index is 14.3. The van der Waals surface area contributed by atoms with Crippen molar-refractivity contribution in [2.24, 2.45) is 5.92 Å². The Balaban J connectivity index is 2.15. The van der Waals surface area contributed by atoms with Crippen LogP contribution in [0.3, 0.4) is 0 Å². The second-order valence-electron chi connectivity index (χ2n) is 5.95. The van der Waals surface area contributed by atoms with Crippen LogP contribution >= 0.6 is 0 Å². The zero-order valence-corrected chi connectivity index (χ0v) is 12.8. The lowest BCUT2D eigenvalue weighted by atomic mass is 10.0. The van der Waals surface area contributed by atoms with Crippen LogP contribution < -0.4 is 10.2 Å². The topological polar surface area (TPSA) is 15.3 Å². The van der Waals surface area contributed by atoms with E-state index in [1.165, 1.54) is 6.42 Å². The van der Waals surface area contributed by atoms with Gasteiger partial charge in [0.1, 0.15) is 5.82 Å². The lowest BCUT2D eigenvalue weighted by Gasteiger charge is -2.26. The Kier molecular flexibility index (Phi) is 5.84. The summed E-state index contributed by atoms with van der Waals surface area (Å²) in [6, 6.07) is 5.46. The first-order chi connectivity index (χ1) is 9.72. The molecule has 0 aliphatic carbocycles. The van der Waals surface area contributed by atoms with Crippen LogP contribution in [-0.4, -0.2) is 19.6 Å². The first kappa shape index (κ1) is 15.3. The molecule has 1 unspecified atom stereocenters. The maximum absolute atomic E-state index is 14.3. The van der Waals surface area contributed by atoms with E-state index in [1.807, 2.05) is 6.07 Å². The zero-order valence-electron chi connectivity index (χ0n) is 12.8. The van der Waals surface area contributed by atoms with Crippen molar-refractivity contribution in [1.82, 2.24) is 5.32 Å². The summed E-state index contributed by atoms with van der Waals surface area (Å²) in [6.07, 6.45) is 4.69. The summed E-state index contributed by atoms with van der Waals surface area (Å²) in [4.78, 5) is 2.25. The van der Waals surface area contributed by atoms with Gasteiger partial charge < -0.3 is 10.2 Å². The molecule has 0 radical (unpaired) electrons. The lowest BCUT2D eigenvalue weighted by Crippen LogP contribution is -2.27. The van der Waals surface area contributed by atoms with Gasteiger partial charge in [-0.25, -0.2) is 4.39 Å². The monoisotopic (exact) mass is 278 g/mol. The van der Waals surface area contributed by atoms with Crippen molar-refractivity contribution < 1.29 is 4.39 Å². The molecular formula is C17H27FN2. The predicted molar refractivity (Wildman–Crippen MR) is 83.6 cm³/mol. The second kappa shape index (κ2) is 7.63. The largest absolute Gasteiger partial charge is 0.369 e. The van der Waals surface area contributed by atoms with Gasteiger partial charge in [-0.3, -0.25) is 0 Å². The summed E-state index contributed by atoms with van der Waals surface area (Å²) in [7, 11) is 0. The van der Waals surface area contributed by atoms with E-state index in [9.17, 15) is 4.39 Å². The number of nitrogens with zero attached hydrogens (tertiary/aromatic N) is 1. The molecule has 1 aliphatic rings. The van der Waals surface area contributed by atoms with Gasteiger partial charge in [0.2, 0.25) is 0 Å². The molecule has 1 aromatic carbocycles. The quantitative estimate of drug-likeness (QED) is 0.820. The minimum Gasteiger partial charge on any atom is -0.369 e.